The van der Waals surface area contributed by atoms with Gasteiger partial charge in [-0.3, -0.25) is 4.79 Å². The molecular weight excluding hydrogens is 282 g/mol. The van der Waals surface area contributed by atoms with Gasteiger partial charge in [-0.2, -0.15) is 9.38 Å². The van der Waals surface area contributed by atoms with E-state index >= 15 is 0 Å². The lowest BCUT2D eigenvalue weighted by Crippen LogP contribution is -2.36. The summed E-state index contributed by atoms with van der Waals surface area (Å²) in [5, 5.41) is 15.8. The molecule has 1 fully saturated rings. The number of hydrogen-bond acceptors (Lipinski definition) is 6. The monoisotopic (exact) mass is 295 g/mol. The number of rotatable bonds is 5. The van der Waals surface area contributed by atoms with Crippen molar-refractivity contribution >= 4 is 33.8 Å². The number of amides is 1. The maximum absolute atomic E-state index is 11.8. The van der Waals surface area contributed by atoms with Gasteiger partial charge in [0.25, 0.3) is 4.96 Å². The highest BCUT2D eigenvalue weighted by molar-refractivity contribution is 7.15. The van der Waals surface area contributed by atoms with Gasteiger partial charge in [0.05, 0.1) is 6.54 Å². The molecule has 9 heteroatoms. The highest BCUT2D eigenvalue weighted by Crippen LogP contribution is 2.30. The second kappa shape index (κ2) is 4.75. The molecule has 1 amide bonds. The zero-order valence-electron chi connectivity index (χ0n) is 10.8. The quantitative estimate of drug-likeness (QED) is 0.656. The van der Waals surface area contributed by atoms with E-state index in [1.165, 1.54) is 20.6 Å². The first-order valence-corrected chi connectivity index (χ1v) is 7.04. The van der Waals surface area contributed by atoms with Crippen molar-refractivity contribution in [3.63, 3.8) is 0 Å². The van der Waals surface area contributed by atoms with Gasteiger partial charge in [-0.25, -0.2) is 0 Å². The van der Waals surface area contributed by atoms with E-state index in [1.807, 2.05) is 0 Å². The topological polar surface area (TPSA) is 92.8 Å². The maximum Gasteiger partial charge on any atom is 0.373 e. The van der Waals surface area contributed by atoms with Crippen LogP contribution in [-0.4, -0.2) is 39.8 Å². The van der Waals surface area contributed by atoms with Crippen molar-refractivity contribution in [2.75, 3.05) is 18.5 Å². The molecule has 3 rings (SSSR count). The number of aromatic nitrogens is 2. The minimum absolute atomic E-state index is 0.0577. The van der Waals surface area contributed by atoms with Crippen molar-refractivity contribution in [2.45, 2.75) is 18.9 Å². The number of thiazole rings is 1. The van der Waals surface area contributed by atoms with Gasteiger partial charge >= 0.3 is 5.82 Å². The van der Waals surface area contributed by atoms with E-state index in [1.54, 1.807) is 18.6 Å². The molecule has 2 aromatic heterocycles. The lowest BCUT2D eigenvalue weighted by Gasteiger charge is -2.15. The number of carbonyl (C=O) groups excluding carboxylic acids is 1. The third-order valence-electron chi connectivity index (χ3n) is 3.08. The highest BCUT2D eigenvalue weighted by atomic mass is 32.1. The van der Waals surface area contributed by atoms with E-state index in [0.717, 1.165) is 12.8 Å². The average Bonchev–Trinajstić information content (AvgIpc) is 2.92. The van der Waals surface area contributed by atoms with E-state index in [4.69, 9.17) is 0 Å². The lowest BCUT2D eigenvalue weighted by molar-refractivity contribution is -0.389. The molecule has 0 saturated heterocycles. The molecule has 106 valence electrons. The number of hydrogen-bond donors (Lipinski definition) is 1. The standard InChI is InChI=1S/C11H13N5O3S/c1-14(6-8(17)12-7-2-3-7)9-10(16(18)19)15-4-5-20-11(15)13-9/h4-5,7H,2-3,6H2,1H3,(H,12,17). The van der Waals surface area contributed by atoms with Gasteiger partial charge < -0.3 is 20.3 Å². The van der Waals surface area contributed by atoms with Crippen molar-refractivity contribution in [3.8, 4) is 0 Å². The number of nitrogens with one attached hydrogen (secondary N) is 1. The molecule has 2 aromatic rings. The SMILES string of the molecule is CN(CC(=O)NC1CC1)c1nc2sccn2c1[N+](=O)[O-]. The molecule has 0 radical (unpaired) electrons. The highest BCUT2D eigenvalue weighted by Gasteiger charge is 2.28. The van der Waals surface area contributed by atoms with E-state index in [2.05, 4.69) is 10.3 Å². The Bertz CT molecular complexity index is 675. The summed E-state index contributed by atoms with van der Waals surface area (Å²) >= 11 is 1.32. The van der Waals surface area contributed by atoms with Gasteiger partial charge in [0.1, 0.15) is 6.20 Å². The normalized spacial score (nSPS) is 14.4. The largest absolute Gasteiger partial charge is 0.373 e. The van der Waals surface area contributed by atoms with Crippen LogP contribution >= 0.6 is 11.3 Å². The summed E-state index contributed by atoms with van der Waals surface area (Å²) in [6, 6.07) is 0.274. The van der Waals surface area contributed by atoms with Gasteiger partial charge in [-0.15, -0.1) is 0 Å². The van der Waals surface area contributed by atoms with E-state index in [-0.39, 0.29) is 30.1 Å². The molecule has 0 spiro atoms. The predicted molar refractivity (Wildman–Crippen MR) is 74.2 cm³/mol. The Labute approximate surface area is 118 Å². The summed E-state index contributed by atoms with van der Waals surface area (Å²) in [7, 11) is 1.63. The first-order valence-electron chi connectivity index (χ1n) is 6.16. The zero-order chi connectivity index (χ0) is 14.3. The Morgan fingerprint density at radius 1 is 1.70 bits per heavy atom. The first kappa shape index (κ1) is 12.9. The number of nitro groups is 1. The fourth-order valence-corrected chi connectivity index (χ4v) is 2.68. The van der Waals surface area contributed by atoms with Crippen molar-refractivity contribution in [3.05, 3.63) is 21.7 Å². The predicted octanol–water partition coefficient (Wildman–Crippen LogP) is 1.02. The molecule has 8 nitrogen and oxygen atoms in total. The van der Waals surface area contributed by atoms with Crippen LogP contribution in [0.1, 0.15) is 12.8 Å². The zero-order valence-corrected chi connectivity index (χ0v) is 11.6. The number of imidazole rings is 1. The number of likely N-dealkylation sites (N-methyl/N-ethyl adjacent to an activating group) is 1. The van der Waals surface area contributed by atoms with Crippen LogP contribution in [0.3, 0.4) is 0 Å². The fraction of sp³-hybridized carbons (Fsp3) is 0.455. The van der Waals surface area contributed by atoms with Crippen molar-refractivity contribution in [1.29, 1.82) is 0 Å². The van der Waals surface area contributed by atoms with Crippen molar-refractivity contribution < 1.29 is 9.72 Å². The molecule has 0 unspecified atom stereocenters. The maximum atomic E-state index is 11.8. The van der Waals surface area contributed by atoms with Crippen molar-refractivity contribution in [1.82, 2.24) is 14.7 Å². The number of carbonyl (C=O) groups is 1. The average molecular weight is 295 g/mol. The minimum Gasteiger partial charge on any atom is -0.358 e. The first-order chi connectivity index (χ1) is 9.56. The summed E-state index contributed by atoms with van der Waals surface area (Å²) in [5.74, 6) is -0.0311. The van der Waals surface area contributed by atoms with Crippen LogP contribution < -0.4 is 10.2 Å². The van der Waals surface area contributed by atoms with Gasteiger partial charge in [0.15, 0.2) is 0 Å². The number of fused-ring (bicyclic) bond motifs is 1. The Hall–Kier alpha value is -2.16. The smallest absolute Gasteiger partial charge is 0.358 e. The molecule has 1 N–H and O–H groups in total. The second-order valence-corrected chi connectivity index (χ2v) is 5.64. The molecule has 0 bridgehead atoms. The third-order valence-corrected chi connectivity index (χ3v) is 3.83. The molecule has 0 atom stereocenters. The van der Waals surface area contributed by atoms with Gasteiger partial charge in [-0.1, -0.05) is 11.3 Å². The van der Waals surface area contributed by atoms with Crippen LogP contribution in [-0.2, 0) is 4.79 Å². The summed E-state index contributed by atoms with van der Waals surface area (Å²) in [4.78, 5) is 28.8. The van der Waals surface area contributed by atoms with E-state index in [9.17, 15) is 14.9 Å². The molecule has 20 heavy (non-hydrogen) atoms. The van der Waals surface area contributed by atoms with E-state index in [0.29, 0.717) is 4.96 Å². The second-order valence-electron chi connectivity index (χ2n) is 4.77. The van der Waals surface area contributed by atoms with Gasteiger partial charge in [0, 0.05) is 18.5 Å². The Morgan fingerprint density at radius 3 is 3.10 bits per heavy atom. The summed E-state index contributed by atoms with van der Waals surface area (Å²) < 4.78 is 1.43. The fourth-order valence-electron chi connectivity index (χ4n) is 1.98. The van der Waals surface area contributed by atoms with Gasteiger partial charge in [-0.05, 0) is 17.8 Å². The van der Waals surface area contributed by atoms with Crippen molar-refractivity contribution in [2.24, 2.45) is 0 Å². The van der Waals surface area contributed by atoms with Crippen LogP contribution in [0, 0.1) is 10.1 Å². The summed E-state index contributed by atoms with van der Waals surface area (Å²) in [6.45, 7) is 0.0577. The molecule has 1 saturated carbocycles. The summed E-state index contributed by atoms with van der Waals surface area (Å²) in [5.41, 5.74) is 0. The number of nitrogens with zero attached hydrogens (tertiary/aromatic N) is 4. The van der Waals surface area contributed by atoms with Crippen LogP contribution in [0.25, 0.3) is 4.96 Å². The van der Waals surface area contributed by atoms with Crippen LogP contribution in [0.5, 0.6) is 0 Å². The van der Waals surface area contributed by atoms with Crippen LogP contribution in [0.15, 0.2) is 11.6 Å². The Balaban J connectivity index is 1.84. The summed E-state index contributed by atoms with van der Waals surface area (Å²) in [6.07, 6.45) is 3.62. The molecular formula is C11H13N5O3S. The molecule has 0 aliphatic heterocycles. The minimum atomic E-state index is -0.475. The van der Waals surface area contributed by atoms with E-state index < -0.39 is 4.92 Å². The Morgan fingerprint density at radius 2 is 2.45 bits per heavy atom. The molecule has 2 heterocycles. The molecule has 1 aliphatic rings. The van der Waals surface area contributed by atoms with Crippen LogP contribution in [0.2, 0.25) is 0 Å². The lowest BCUT2D eigenvalue weighted by atomic mass is 10.4. The Kier molecular flexibility index (Phi) is 3.05. The third kappa shape index (κ3) is 2.31. The number of anilines is 1. The molecule has 0 aromatic carbocycles. The molecule has 1 aliphatic carbocycles. The van der Waals surface area contributed by atoms with Crippen LogP contribution in [0.4, 0.5) is 11.6 Å². The van der Waals surface area contributed by atoms with Gasteiger partial charge in [0.2, 0.25) is 11.7 Å².